The van der Waals surface area contributed by atoms with Crippen molar-refractivity contribution in [3.05, 3.63) is 59.9 Å². The highest BCUT2D eigenvalue weighted by atomic mass is 19.1. The van der Waals surface area contributed by atoms with E-state index in [4.69, 9.17) is 0 Å². The second kappa shape index (κ2) is 9.71. The minimum Gasteiger partial charge on any atom is -0.506 e. The number of rotatable bonds is 6. The lowest BCUT2D eigenvalue weighted by molar-refractivity contribution is -0.127. The average molecular weight is 413 g/mol. The molecule has 0 radical (unpaired) electrons. The van der Waals surface area contributed by atoms with Gasteiger partial charge in [-0.3, -0.25) is 14.5 Å². The molecular formula is C23H28FN3O3. The predicted octanol–water partition coefficient (Wildman–Crippen LogP) is 3.45. The smallest absolute Gasteiger partial charge is 0.237 e. The van der Waals surface area contributed by atoms with Gasteiger partial charge in [-0.25, -0.2) is 4.39 Å². The zero-order valence-corrected chi connectivity index (χ0v) is 17.3. The second-order valence-corrected chi connectivity index (χ2v) is 7.77. The van der Waals surface area contributed by atoms with E-state index in [9.17, 15) is 19.1 Å². The van der Waals surface area contributed by atoms with Crippen molar-refractivity contribution < 1.29 is 19.1 Å². The summed E-state index contributed by atoms with van der Waals surface area (Å²) in [5.74, 6) is -0.625. The van der Waals surface area contributed by atoms with Gasteiger partial charge in [0.25, 0.3) is 0 Å². The summed E-state index contributed by atoms with van der Waals surface area (Å²) in [6, 6.07) is 12.2. The molecule has 1 heterocycles. The third kappa shape index (κ3) is 5.36. The summed E-state index contributed by atoms with van der Waals surface area (Å²) in [5, 5.41) is 15.6. The average Bonchev–Trinajstić information content (AvgIpc) is 2.75. The van der Waals surface area contributed by atoms with Crippen molar-refractivity contribution in [1.82, 2.24) is 10.2 Å². The van der Waals surface area contributed by atoms with Crippen molar-refractivity contribution in [2.24, 2.45) is 5.92 Å². The van der Waals surface area contributed by atoms with Crippen molar-refractivity contribution >= 4 is 17.5 Å². The van der Waals surface area contributed by atoms with Crippen LogP contribution in [0.3, 0.4) is 0 Å². The highest BCUT2D eigenvalue weighted by Gasteiger charge is 2.30. The van der Waals surface area contributed by atoms with E-state index >= 15 is 0 Å². The fourth-order valence-electron chi connectivity index (χ4n) is 3.70. The number of aromatic hydroxyl groups is 1. The monoisotopic (exact) mass is 413 g/mol. The Kier molecular flexibility index (Phi) is 7.05. The first-order chi connectivity index (χ1) is 14.3. The van der Waals surface area contributed by atoms with Crippen LogP contribution in [0.4, 0.5) is 10.1 Å². The molecule has 1 aliphatic rings. The molecule has 0 spiro atoms. The molecule has 0 unspecified atom stereocenters. The van der Waals surface area contributed by atoms with E-state index in [1.807, 2.05) is 13.8 Å². The largest absolute Gasteiger partial charge is 0.506 e. The predicted molar refractivity (Wildman–Crippen MR) is 113 cm³/mol. The summed E-state index contributed by atoms with van der Waals surface area (Å²) < 4.78 is 13.1. The highest BCUT2D eigenvalue weighted by molar-refractivity contribution is 5.94. The standard InChI is InChI=1S/C23H28FN3O3/c1-15(17-7-9-19(24)10-8-17)25-22(29)16(2)27-13-11-18(12-14-27)23(30)26-20-5-3-4-6-21(20)28/h3-10,15-16,18,28H,11-14H2,1-2H3,(H,25,29)(H,26,30)/t15-,16+/m1/s1. The van der Waals surface area contributed by atoms with Gasteiger partial charge in [0.15, 0.2) is 0 Å². The van der Waals surface area contributed by atoms with Gasteiger partial charge >= 0.3 is 0 Å². The van der Waals surface area contributed by atoms with E-state index in [1.54, 1.807) is 30.3 Å². The van der Waals surface area contributed by atoms with Gasteiger partial charge in [0.05, 0.1) is 17.8 Å². The van der Waals surface area contributed by atoms with Crippen LogP contribution in [-0.2, 0) is 9.59 Å². The number of carbonyl (C=O) groups is 2. The van der Waals surface area contributed by atoms with Crippen LogP contribution in [0.2, 0.25) is 0 Å². The van der Waals surface area contributed by atoms with Gasteiger partial charge in [-0.1, -0.05) is 24.3 Å². The fourth-order valence-corrected chi connectivity index (χ4v) is 3.70. The molecule has 2 aromatic rings. The molecule has 1 saturated heterocycles. The van der Waals surface area contributed by atoms with Gasteiger partial charge < -0.3 is 15.7 Å². The van der Waals surface area contributed by atoms with Crippen molar-refractivity contribution in [2.45, 2.75) is 38.8 Å². The number of hydrogen-bond acceptors (Lipinski definition) is 4. The molecule has 2 aromatic carbocycles. The Balaban J connectivity index is 1.49. The van der Waals surface area contributed by atoms with Crippen LogP contribution in [0.1, 0.15) is 38.3 Å². The summed E-state index contributed by atoms with van der Waals surface area (Å²) in [5.41, 5.74) is 1.25. The van der Waals surface area contributed by atoms with Crippen molar-refractivity contribution in [3.8, 4) is 5.75 Å². The maximum Gasteiger partial charge on any atom is 0.237 e. The normalized spacial score (nSPS) is 17.2. The van der Waals surface area contributed by atoms with Crippen molar-refractivity contribution in [1.29, 1.82) is 0 Å². The minimum absolute atomic E-state index is 0.0452. The Morgan fingerprint density at radius 2 is 1.70 bits per heavy atom. The zero-order chi connectivity index (χ0) is 21.7. The van der Waals surface area contributed by atoms with Crippen LogP contribution in [0.15, 0.2) is 48.5 Å². The molecule has 7 heteroatoms. The third-order valence-corrected chi connectivity index (χ3v) is 5.72. The first-order valence-electron chi connectivity index (χ1n) is 10.2. The van der Waals surface area contributed by atoms with Gasteiger partial charge in [0.2, 0.25) is 11.8 Å². The van der Waals surface area contributed by atoms with Crippen LogP contribution in [0.25, 0.3) is 0 Å². The minimum atomic E-state index is -0.324. The summed E-state index contributed by atoms with van der Waals surface area (Å²) >= 11 is 0. The first-order valence-corrected chi connectivity index (χ1v) is 10.2. The molecule has 0 aliphatic carbocycles. The molecule has 3 N–H and O–H groups in total. The van der Waals surface area contributed by atoms with Gasteiger partial charge in [0, 0.05) is 5.92 Å². The quantitative estimate of drug-likeness (QED) is 0.634. The highest BCUT2D eigenvalue weighted by Crippen LogP contribution is 2.25. The van der Waals surface area contributed by atoms with Crippen molar-refractivity contribution in [3.63, 3.8) is 0 Å². The van der Waals surface area contributed by atoms with Gasteiger partial charge in [0.1, 0.15) is 11.6 Å². The molecule has 160 valence electrons. The number of nitrogens with one attached hydrogen (secondary N) is 2. The number of phenolic OH excluding ortho intramolecular Hbond substituents is 1. The number of para-hydroxylation sites is 2. The molecule has 1 fully saturated rings. The second-order valence-electron chi connectivity index (χ2n) is 7.77. The van der Waals surface area contributed by atoms with Crippen LogP contribution < -0.4 is 10.6 Å². The maximum atomic E-state index is 13.1. The SMILES string of the molecule is C[C@@H](NC(=O)[C@H](C)N1CCC(C(=O)Nc2ccccc2O)CC1)c1ccc(F)cc1. The van der Waals surface area contributed by atoms with E-state index < -0.39 is 0 Å². The third-order valence-electron chi connectivity index (χ3n) is 5.72. The number of likely N-dealkylation sites (tertiary alicyclic amines) is 1. The molecule has 0 saturated carbocycles. The Morgan fingerprint density at radius 3 is 2.33 bits per heavy atom. The number of nitrogens with zero attached hydrogens (tertiary/aromatic N) is 1. The van der Waals surface area contributed by atoms with E-state index in [0.29, 0.717) is 31.6 Å². The van der Waals surface area contributed by atoms with Gasteiger partial charge in [-0.05, 0) is 69.6 Å². The fraction of sp³-hybridized carbons (Fsp3) is 0.391. The summed E-state index contributed by atoms with van der Waals surface area (Å²) in [6.45, 7) is 5.00. The number of benzene rings is 2. The number of hydrogen-bond donors (Lipinski definition) is 3. The lowest BCUT2D eigenvalue weighted by atomic mass is 9.94. The Labute approximate surface area is 176 Å². The molecule has 0 aromatic heterocycles. The van der Waals surface area contributed by atoms with E-state index in [0.717, 1.165) is 5.56 Å². The Bertz CT molecular complexity index is 880. The molecule has 30 heavy (non-hydrogen) atoms. The number of anilines is 1. The van der Waals surface area contributed by atoms with Crippen molar-refractivity contribution in [2.75, 3.05) is 18.4 Å². The van der Waals surface area contributed by atoms with Gasteiger partial charge in [-0.15, -0.1) is 0 Å². The lowest BCUT2D eigenvalue weighted by Gasteiger charge is -2.35. The number of piperidine rings is 1. The van der Waals surface area contributed by atoms with Crippen LogP contribution >= 0.6 is 0 Å². The molecule has 1 aliphatic heterocycles. The Morgan fingerprint density at radius 1 is 1.07 bits per heavy atom. The lowest BCUT2D eigenvalue weighted by Crippen LogP contribution is -2.49. The molecule has 0 bridgehead atoms. The number of amides is 2. The summed E-state index contributed by atoms with van der Waals surface area (Å²) in [6.07, 6.45) is 1.29. The topological polar surface area (TPSA) is 81.7 Å². The van der Waals surface area contributed by atoms with E-state index in [-0.39, 0.29) is 41.4 Å². The van der Waals surface area contributed by atoms with E-state index in [2.05, 4.69) is 15.5 Å². The van der Waals surface area contributed by atoms with E-state index in [1.165, 1.54) is 18.2 Å². The zero-order valence-electron chi connectivity index (χ0n) is 17.3. The van der Waals surface area contributed by atoms with Crippen LogP contribution in [0, 0.1) is 11.7 Å². The van der Waals surface area contributed by atoms with Crippen LogP contribution in [0.5, 0.6) is 5.75 Å². The van der Waals surface area contributed by atoms with Crippen LogP contribution in [-0.4, -0.2) is 41.0 Å². The molecule has 2 atom stereocenters. The molecule has 6 nitrogen and oxygen atoms in total. The van der Waals surface area contributed by atoms with Gasteiger partial charge in [-0.2, -0.15) is 0 Å². The molecule has 2 amide bonds. The first kappa shape index (κ1) is 21.8. The summed E-state index contributed by atoms with van der Waals surface area (Å²) in [7, 11) is 0. The molecular weight excluding hydrogens is 385 g/mol. The maximum absolute atomic E-state index is 13.1. The number of phenols is 1. The Hall–Kier alpha value is -2.93. The number of halogens is 1. The molecule has 3 rings (SSSR count). The number of carbonyl (C=O) groups excluding carboxylic acids is 2. The summed E-state index contributed by atoms with van der Waals surface area (Å²) in [4.78, 5) is 27.2.